The van der Waals surface area contributed by atoms with E-state index in [1.807, 2.05) is 0 Å². The van der Waals surface area contributed by atoms with E-state index in [1.165, 1.54) is 11.3 Å². The van der Waals surface area contributed by atoms with E-state index in [4.69, 9.17) is 0 Å². The zero-order chi connectivity index (χ0) is 17.0. The lowest BCUT2D eigenvalue weighted by Crippen LogP contribution is -2.50. The van der Waals surface area contributed by atoms with Crippen molar-refractivity contribution in [3.63, 3.8) is 0 Å². The highest BCUT2D eigenvalue weighted by Crippen LogP contribution is 2.34. The maximum absolute atomic E-state index is 13.2. The summed E-state index contributed by atoms with van der Waals surface area (Å²) in [6.45, 7) is 1.23. The van der Waals surface area contributed by atoms with Gasteiger partial charge in [-0.3, -0.25) is 4.79 Å². The quantitative estimate of drug-likeness (QED) is 0.870. The summed E-state index contributed by atoms with van der Waals surface area (Å²) >= 11 is 1.26. The summed E-state index contributed by atoms with van der Waals surface area (Å²) in [5.74, 6) is -0.181. The number of rotatable bonds is 2. The highest BCUT2D eigenvalue weighted by atomic mass is 32.2. The Kier molecular flexibility index (Phi) is 5.94. The first-order chi connectivity index (χ1) is 11.6. The molecule has 134 valence electrons. The second-order valence-corrected chi connectivity index (χ2v) is 9.78. The molecule has 1 aromatic rings. The Morgan fingerprint density at radius 3 is 2.67 bits per heavy atom. The second-order valence-electron chi connectivity index (χ2n) is 6.71. The molecule has 1 aliphatic carbocycles. The molecule has 1 saturated heterocycles. The summed E-state index contributed by atoms with van der Waals surface area (Å²) < 4.78 is 28.4. The Morgan fingerprint density at radius 1 is 1.08 bits per heavy atom. The molecule has 2 heterocycles. The predicted octanol–water partition coefficient (Wildman–Crippen LogP) is 2.99. The van der Waals surface area contributed by atoms with Gasteiger partial charge in [0.15, 0.2) is 0 Å². The van der Waals surface area contributed by atoms with Crippen LogP contribution in [0, 0.1) is 5.92 Å². The molecular formula is C17H26N2O3S2. The van der Waals surface area contributed by atoms with Crippen molar-refractivity contribution in [2.24, 2.45) is 5.92 Å². The van der Waals surface area contributed by atoms with Gasteiger partial charge in [0.25, 0.3) is 10.0 Å². The molecule has 24 heavy (non-hydrogen) atoms. The van der Waals surface area contributed by atoms with Gasteiger partial charge >= 0.3 is 0 Å². The monoisotopic (exact) mass is 370 g/mol. The Labute approximate surface area is 148 Å². The fourth-order valence-corrected chi connectivity index (χ4v) is 6.69. The Hall–Kier alpha value is -0.920. The minimum absolute atomic E-state index is 0.0352. The van der Waals surface area contributed by atoms with Crippen LogP contribution in [-0.4, -0.2) is 37.8 Å². The van der Waals surface area contributed by atoms with Crippen LogP contribution < -0.4 is 5.32 Å². The molecule has 1 amide bonds. The molecule has 0 bridgehead atoms. The Bertz CT molecular complexity index is 643. The molecule has 3 rings (SSSR count). The van der Waals surface area contributed by atoms with Gasteiger partial charge in [0.05, 0.1) is 5.92 Å². The van der Waals surface area contributed by atoms with E-state index >= 15 is 0 Å². The van der Waals surface area contributed by atoms with Crippen LogP contribution in [0.2, 0.25) is 0 Å². The number of hydrogen-bond acceptors (Lipinski definition) is 4. The molecule has 1 saturated carbocycles. The van der Waals surface area contributed by atoms with Crippen LogP contribution in [0.15, 0.2) is 21.7 Å². The molecule has 2 atom stereocenters. The fraction of sp³-hybridized carbons (Fsp3) is 0.706. The third kappa shape index (κ3) is 3.83. The number of thiophene rings is 1. The third-order valence-corrected chi connectivity index (χ3v) is 8.40. The molecular weight excluding hydrogens is 344 g/mol. The highest BCUT2D eigenvalue weighted by molar-refractivity contribution is 7.91. The number of nitrogens with one attached hydrogen (secondary N) is 1. The highest BCUT2D eigenvalue weighted by Gasteiger charge is 2.40. The van der Waals surface area contributed by atoms with Crippen LogP contribution in [0.5, 0.6) is 0 Å². The van der Waals surface area contributed by atoms with Crippen molar-refractivity contribution in [1.82, 2.24) is 9.62 Å². The standard InChI is InChI=1S/C17H26N2O3S2/c20-17-14-8-3-4-9-15(14)19(12-6-2-1-5-11-18-17)24(21,22)16-10-7-13-23-16/h7,10,13-15H,1-6,8-9,11-12H2,(H,18,20)/t14-,15+/m1/s1. The van der Waals surface area contributed by atoms with Crippen LogP contribution in [0.4, 0.5) is 0 Å². The van der Waals surface area contributed by atoms with Crippen molar-refractivity contribution >= 4 is 27.3 Å². The van der Waals surface area contributed by atoms with Crippen LogP contribution in [0.3, 0.4) is 0 Å². The van der Waals surface area contributed by atoms with Crippen LogP contribution in [0.1, 0.15) is 51.4 Å². The molecule has 0 spiro atoms. The Morgan fingerprint density at radius 2 is 1.88 bits per heavy atom. The van der Waals surface area contributed by atoms with Crippen LogP contribution >= 0.6 is 11.3 Å². The maximum atomic E-state index is 13.2. The number of sulfonamides is 1. The lowest BCUT2D eigenvalue weighted by Gasteiger charge is -2.38. The molecule has 1 aliphatic heterocycles. The summed E-state index contributed by atoms with van der Waals surface area (Å²) in [6.07, 6.45) is 7.43. The van der Waals surface area contributed by atoms with Gasteiger partial charge in [-0.15, -0.1) is 11.3 Å². The van der Waals surface area contributed by atoms with Gasteiger partial charge < -0.3 is 5.32 Å². The smallest absolute Gasteiger partial charge is 0.252 e. The van der Waals surface area contributed by atoms with E-state index in [-0.39, 0.29) is 17.9 Å². The molecule has 5 nitrogen and oxygen atoms in total. The predicted molar refractivity (Wildman–Crippen MR) is 95.4 cm³/mol. The van der Waals surface area contributed by atoms with Crippen molar-refractivity contribution in [1.29, 1.82) is 0 Å². The van der Waals surface area contributed by atoms with E-state index in [2.05, 4.69) is 5.32 Å². The third-order valence-electron chi connectivity index (χ3n) is 5.10. The number of carbonyl (C=O) groups excluding carboxylic acids is 1. The molecule has 0 radical (unpaired) electrons. The summed E-state index contributed by atoms with van der Waals surface area (Å²) in [6, 6.07) is 3.24. The molecule has 1 aromatic heterocycles. The van der Waals surface area contributed by atoms with E-state index in [0.29, 0.717) is 17.3 Å². The first-order valence-electron chi connectivity index (χ1n) is 8.94. The number of fused-ring (bicyclic) bond motifs is 1. The normalized spacial score (nSPS) is 27.8. The topological polar surface area (TPSA) is 66.5 Å². The van der Waals surface area contributed by atoms with Crippen molar-refractivity contribution in [2.45, 2.75) is 61.6 Å². The van der Waals surface area contributed by atoms with E-state index in [0.717, 1.165) is 51.4 Å². The number of nitrogens with zero attached hydrogens (tertiary/aromatic N) is 1. The van der Waals surface area contributed by atoms with Gasteiger partial charge in [-0.05, 0) is 37.1 Å². The zero-order valence-corrected chi connectivity index (χ0v) is 15.6. The van der Waals surface area contributed by atoms with Gasteiger partial charge in [-0.25, -0.2) is 8.42 Å². The summed E-state index contributed by atoms with van der Waals surface area (Å²) in [4.78, 5) is 12.6. The van der Waals surface area contributed by atoms with Crippen molar-refractivity contribution in [3.05, 3.63) is 17.5 Å². The average molecular weight is 371 g/mol. The van der Waals surface area contributed by atoms with Gasteiger partial charge in [0, 0.05) is 19.1 Å². The molecule has 0 unspecified atom stereocenters. The fourth-order valence-electron chi connectivity index (χ4n) is 3.84. The maximum Gasteiger partial charge on any atom is 0.252 e. The summed E-state index contributed by atoms with van der Waals surface area (Å²) in [7, 11) is -3.52. The average Bonchev–Trinajstić information content (AvgIpc) is 3.11. The number of amides is 1. The molecule has 7 heteroatoms. The molecule has 0 aromatic carbocycles. The minimum atomic E-state index is -3.52. The van der Waals surface area contributed by atoms with Gasteiger partial charge in [-0.2, -0.15) is 4.31 Å². The SMILES string of the molecule is O=C1NCCCCCCN(S(=O)(=O)c2cccs2)[C@H]2CCCC[C@@H]12. The van der Waals surface area contributed by atoms with E-state index in [9.17, 15) is 13.2 Å². The largest absolute Gasteiger partial charge is 0.356 e. The Balaban J connectivity index is 1.93. The van der Waals surface area contributed by atoms with Crippen molar-refractivity contribution in [3.8, 4) is 0 Å². The molecule has 2 fully saturated rings. The first kappa shape index (κ1) is 17.9. The van der Waals surface area contributed by atoms with Crippen molar-refractivity contribution < 1.29 is 13.2 Å². The lowest BCUT2D eigenvalue weighted by molar-refractivity contribution is -0.127. The van der Waals surface area contributed by atoms with Gasteiger partial charge in [-0.1, -0.05) is 31.7 Å². The molecule has 1 N–H and O–H groups in total. The van der Waals surface area contributed by atoms with Crippen molar-refractivity contribution in [2.75, 3.05) is 13.1 Å². The molecule has 2 aliphatic rings. The van der Waals surface area contributed by atoms with Gasteiger partial charge in [0.2, 0.25) is 5.91 Å². The summed E-state index contributed by atoms with van der Waals surface area (Å²) in [5.41, 5.74) is 0. The van der Waals surface area contributed by atoms with E-state index in [1.54, 1.807) is 21.8 Å². The van der Waals surface area contributed by atoms with Crippen LogP contribution in [0.25, 0.3) is 0 Å². The minimum Gasteiger partial charge on any atom is -0.356 e. The van der Waals surface area contributed by atoms with Gasteiger partial charge in [0.1, 0.15) is 4.21 Å². The second kappa shape index (κ2) is 7.97. The number of hydrogen-bond donors (Lipinski definition) is 1. The lowest BCUT2D eigenvalue weighted by atomic mass is 9.83. The number of carbonyl (C=O) groups is 1. The van der Waals surface area contributed by atoms with Crippen LogP contribution in [-0.2, 0) is 14.8 Å². The zero-order valence-electron chi connectivity index (χ0n) is 13.9. The first-order valence-corrected chi connectivity index (χ1v) is 11.3. The summed E-state index contributed by atoms with van der Waals surface area (Å²) in [5, 5.41) is 4.82. The van der Waals surface area contributed by atoms with E-state index < -0.39 is 10.0 Å².